The summed E-state index contributed by atoms with van der Waals surface area (Å²) in [5.41, 5.74) is 1.67. The van der Waals surface area contributed by atoms with Crippen LogP contribution in [-0.2, 0) is 12.6 Å². The van der Waals surface area contributed by atoms with E-state index in [9.17, 15) is 22.8 Å². The summed E-state index contributed by atoms with van der Waals surface area (Å²) in [6.45, 7) is 2.17. The number of carbonyl (C=O) groups is 1. The number of nitrogens with zero attached hydrogens (tertiary/aromatic N) is 3. The fourth-order valence-corrected chi connectivity index (χ4v) is 4.44. The number of rotatable bonds is 2. The lowest BCUT2D eigenvalue weighted by molar-refractivity contribution is -0.137. The van der Waals surface area contributed by atoms with E-state index in [0.29, 0.717) is 58.6 Å². The van der Waals surface area contributed by atoms with Gasteiger partial charge in [-0.15, -0.1) is 0 Å². The zero-order valence-corrected chi connectivity index (χ0v) is 18.3. The summed E-state index contributed by atoms with van der Waals surface area (Å²) in [6.07, 6.45) is -3.36. The number of anilines is 1. The normalized spacial score (nSPS) is 13.7. The van der Waals surface area contributed by atoms with Crippen LogP contribution < -0.4 is 10.5 Å². The average Bonchev–Trinajstić information content (AvgIpc) is 2.83. The summed E-state index contributed by atoms with van der Waals surface area (Å²) in [5, 5.41) is 0.497. The third-order valence-electron chi connectivity index (χ3n) is 6.09. The third kappa shape index (κ3) is 3.75. The van der Waals surface area contributed by atoms with Gasteiger partial charge in [0.05, 0.1) is 22.2 Å². The van der Waals surface area contributed by atoms with Crippen molar-refractivity contribution in [2.75, 3.05) is 11.4 Å². The van der Waals surface area contributed by atoms with Gasteiger partial charge in [-0.3, -0.25) is 14.2 Å². The Balaban J connectivity index is 1.47. The number of benzene rings is 3. The minimum absolute atomic E-state index is 0.201. The summed E-state index contributed by atoms with van der Waals surface area (Å²) in [4.78, 5) is 32.3. The fraction of sp³-hybridized carbons (Fsp3) is 0.192. The number of alkyl halides is 3. The second-order valence-electron chi connectivity index (χ2n) is 8.27. The van der Waals surface area contributed by atoms with Gasteiger partial charge in [-0.1, -0.05) is 12.1 Å². The molecule has 0 fully saturated rings. The van der Waals surface area contributed by atoms with Crippen molar-refractivity contribution in [1.29, 1.82) is 0 Å². The zero-order valence-electron chi connectivity index (χ0n) is 18.3. The van der Waals surface area contributed by atoms with Crippen molar-refractivity contribution in [3.05, 3.63) is 99.6 Å². The quantitative estimate of drug-likeness (QED) is 0.405. The van der Waals surface area contributed by atoms with Crippen molar-refractivity contribution in [3.8, 4) is 5.69 Å². The number of carbonyl (C=O) groups excluding carboxylic acids is 1. The standard InChI is InChI=1S/C26H20F3N3O2/c1-16-30-22-7-3-2-6-21(22)25(34)32(16)20-11-8-17(9-12-20)24(33)31-14-4-5-18-15-19(26(27,28)29)10-13-23(18)31/h2-3,6-13,15H,4-5,14H2,1H3. The van der Waals surface area contributed by atoms with Gasteiger partial charge in [0.1, 0.15) is 5.82 Å². The van der Waals surface area contributed by atoms with Crippen molar-refractivity contribution >= 4 is 22.5 Å². The van der Waals surface area contributed by atoms with Crippen LogP contribution in [0.5, 0.6) is 0 Å². The van der Waals surface area contributed by atoms with Crippen LogP contribution in [0.1, 0.15) is 33.7 Å². The number of para-hydroxylation sites is 1. The molecule has 3 aromatic carbocycles. The maximum absolute atomic E-state index is 13.2. The number of hydrogen-bond donors (Lipinski definition) is 0. The first-order valence-corrected chi connectivity index (χ1v) is 10.8. The van der Waals surface area contributed by atoms with Crippen LogP contribution in [0.4, 0.5) is 18.9 Å². The molecule has 34 heavy (non-hydrogen) atoms. The Bertz CT molecular complexity index is 1470. The van der Waals surface area contributed by atoms with E-state index in [-0.39, 0.29) is 11.5 Å². The fourth-order valence-electron chi connectivity index (χ4n) is 4.44. The topological polar surface area (TPSA) is 55.2 Å². The smallest absolute Gasteiger partial charge is 0.308 e. The van der Waals surface area contributed by atoms with Crippen molar-refractivity contribution < 1.29 is 18.0 Å². The maximum atomic E-state index is 13.2. The predicted molar refractivity (Wildman–Crippen MR) is 124 cm³/mol. The molecule has 4 aromatic rings. The molecule has 0 radical (unpaired) electrons. The molecular formula is C26H20F3N3O2. The lowest BCUT2D eigenvalue weighted by Gasteiger charge is -2.30. The molecule has 0 saturated heterocycles. The van der Waals surface area contributed by atoms with Gasteiger partial charge in [0.15, 0.2) is 0 Å². The van der Waals surface area contributed by atoms with Crippen molar-refractivity contribution in [3.63, 3.8) is 0 Å². The second kappa shape index (κ2) is 8.13. The van der Waals surface area contributed by atoms with E-state index in [4.69, 9.17) is 0 Å². The minimum Gasteiger partial charge on any atom is -0.308 e. The lowest BCUT2D eigenvalue weighted by atomic mass is 9.98. The number of halogens is 3. The summed E-state index contributed by atoms with van der Waals surface area (Å²) in [6, 6.07) is 17.2. The molecular weight excluding hydrogens is 443 g/mol. The Morgan fingerprint density at radius 3 is 2.47 bits per heavy atom. The van der Waals surface area contributed by atoms with Gasteiger partial charge < -0.3 is 4.90 Å². The monoisotopic (exact) mass is 463 g/mol. The highest BCUT2D eigenvalue weighted by atomic mass is 19.4. The Morgan fingerprint density at radius 2 is 1.74 bits per heavy atom. The van der Waals surface area contributed by atoms with Crippen LogP contribution in [0.25, 0.3) is 16.6 Å². The first kappa shape index (κ1) is 21.9. The molecule has 172 valence electrons. The van der Waals surface area contributed by atoms with Crippen LogP contribution in [0.2, 0.25) is 0 Å². The summed E-state index contributed by atoms with van der Waals surface area (Å²) in [5.74, 6) is 0.223. The Kier molecular flexibility index (Phi) is 5.23. The minimum atomic E-state index is -4.43. The number of aromatic nitrogens is 2. The van der Waals surface area contributed by atoms with E-state index < -0.39 is 11.7 Å². The first-order valence-electron chi connectivity index (χ1n) is 10.8. The van der Waals surface area contributed by atoms with Crippen LogP contribution >= 0.6 is 0 Å². The van der Waals surface area contributed by atoms with Crippen molar-refractivity contribution in [2.45, 2.75) is 25.9 Å². The molecule has 2 heterocycles. The van der Waals surface area contributed by atoms with Crippen LogP contribution in [0.3, 0.4) is 0 Å². The number of hydrogen-bond acceptors (Lipinski definition) is 3. The molecule has 0 saturated carbocycles. The molecule has 0 spiro atoms. The molecule has 1 aliphatic rings. The molecule has 5 rings (SSSR count). The van der Waals surface area contributed by atoms with E-state index >= 15 is 0 Å². The zero-order chi connectivity index (χ0) is 24.0. The van der Waals surface area contributed by atoms with E-state index in [1.165, 1.54) is 15.5 Å². The van der Waals surface area contributed by atoms with E-state index in [0.717, 1.165) is 12.1 Å². The van der Waals surface area contributed by atoms with Crippen molar-refractivity contribution in [2.24, 2.45) is 0 Å². The molecule has 1 aromatic heterocycles. The number of amides is 1. The van der Waals surface area contributed by atoms with Gasteiger partial charge in [0.2, 0.25) is 0 Å². The van der Waals surface area contributed by atoms with Crippen LogP contribution in [0.15, 0.2) is 71.5 Å². The third-order valence-corrected chi connectivity index (χ3v) is 6.09. The molecule has 0 N–H and O–H groups in total. The largest absolute Gasteiger partial charge is 0.416 e. The highest BCUT2D eigenvalue weighted by Crippen LogP contribution is 2.35. The van der Waals surface area contributed by atoms with Gasteiger partial charge >= 0.3 is 6.18 Å². The number of fused-ring (bicyclic) bond motifs is 2. The molecule has 1 aliphatic heterocycles. The van der Waals surface area contributed by atoms with E-state index in [1.54, 1.807) is 49.4 Å². The van der Waals surface area contributed by atoms with E-state index in [1.807, 2.05) is 6.07 Å². The first-order chi connectivity index (χ1) is 16.2. The molecule has 0 bridgehead atoms. The van der Waals surface area contributed by atoms with Crippen LogP contribution in [0, 0.1) is 6.92 Å². The molecule has 0 atom stereocenters. The van der Waals surface area contributed by atoms with Gasteiger partial charge in [0, 0.05) is 17.8 Å². The highest BCUT2D eigenvalue weighted by molar-refractivity contribution is 6.06. The molecule has 5 nitrogen and oxygen atoms in total. The summed E-state index contributed by atoms with van der Waals surface area (Å²) >= 11 is 0. The SMILES string of the molecule is Cc1nc2ccccc2c(=O)n1-c1ccc(C(=O)N2CCCc3cc(C(F)(F)F)ccc32)cc1. The molecule has 0 unspecified atom stereocenters. The van der Waals surface area contributed by atoms with Gasteiger partial charge in [0.25, 0.3) is 11.5 Å². The summed E-state index contributed by atoms with van der Waals surface area (Å²) in [7, 11) is 0. The Morgan fingerprint density at radius 1 is 1.00 bits per heavy atom. The highest BCUT2D eigenvalue weighted by Gasteiger charge is 2.32. The Hall–Kier alpha value is -3.94. The second-order valence-corrected chi connectivity index (χ2v) is 8.27. The van der Waals surface area contributed by atoms with E-state index in [2.05, 4.69) is 4.98 Å². The lowest BCUT2D eigenvalue weighted by Crippen LogP contribution is -2.35. The van der Waals surface area contributed by atoms with Crippen molar-refractivity contribution in [1.82, 2.24) is 9.55 Å². The molecule has 8 heteroatoms. The number of aryl methyl sites for hydroxylation is 2. The van der Waals surface area contributed by atoms with Gasteiger partial charge in [-0.05, 0) is 79.9 Å². The average molecular weight is 463 g/mol. The van der Waals surface area contributed by atoms with Gasteiger partial charge in [-0.2, -0.15) is 13.2 Å². The van der Waals surface area contributed by atoms with Crippen LogP contribution in [-0.4, -0.2) is 22.0 Å². The Labute approximate surface area is 193 Å². The van der Waals surface area contributed by atoms with Gasteiger partial charge in [-0.25, -0.2) is 4.98 Å². The molecule has 0 aliphatic carbocycles. The predicted octanol–water partition coefficient (Wildman–Crippen LogP) is 5.31. The summed E-state index contributed by atoms with van der Waals surface area (Å²) < 4.78 is 40.8. The maximum Gasteiger partial charge on any atom is 0.416 e. The molecule has 1 amide bonds.